The Morgan fingerprint density at radius 3 is 2.62 bits per heavy atom. The molecule has 0 fully saturated rings. The molecule has 0 unspecified atom stereocenters. The third-order valence-corrected chi connectivity index (χ3v) is 2.30. The molecule has 0 saturated carbocycles. The van der Waals surface area contributed by atoms with E-state index in [1.54, 1.807) is 13.0 Å². The minimum atomic E-state index is -0.389. The molecule has 5 heteroatoms. The molecule has 0 amide bonds. The zero-order valence-corrected chi connectivity index (χ0v) is 9.74. The first-order valence-corrected chi connectivity index (χ1v) is 5.09. The smallest absolute Gasteiger partial charge is 0.276 e. The van der Waals surface area contributed by atoms with Crippen LogP contribution in [0.1, 0.15) is 11.1 Å². The van der Waals surface area contributed by atoms with E-state index in [2.05, 4.69) is 5.32 Å². The van der Waals surface area contributed by atoms with Gasteiger partial charge >= 0.3 is 0 Å². The molecule has 1 rings (SSSR count). The van der Waals surface area contributed by atoms with Crippen molar-refractivity contribution in [3.05, 3.63) is 33.4 Å². The summed E-state index contributed by atoms with van der Waals surface area (Å²) in [6.45, 7) is 4.81. The average Bonchev–Trinajstić information content (AvgIpc) is 2.21. The Bertz CT molecular complexity index is 391. The standard InChI is InChI=1S/C11H16N2O3/c1-8-6-9(2)11(16-5-4-12-3)7-10(8)13(14)15/h6-7,12H,4-5H2,1-3H3. The Morgan fingerprint density at radius 2 is 2.06 bits per heavy atom. The van der Waals surface area contributed by atoms with Gasteiger partial charge in [0.25, 0.3) is 5.69 Å². The fourth-order valence-corrected chi connectivity index (χ4v) is 1.44. The van der Waals surface area contributed by atoms with Gasteiger partial charge in [0, 0.05) is 12.1 Å². The van der Waals surface area contributed by atoms with Crippen molar-refractivity contribution >= 4 is 5.69 Å². The summed E-state index contributed by atoms with van der Waals surface area (Å²) in [5.41, 5.74) is 1.67. The van der Waals surface area contributed by atoms with Crippen LogP contribution in [0.25, 0.3) is 0 Å². The number of likely N-dealkylation sites (N-methyl/N-ethyl adjacent to an activating group) is 1. The van der Waals surface area contributed by atoms with Crippen LogP contribution in [0.2, 0.25) is 0 Å². The molecule has 0 aliphatic heterocycles. The van der Waals surface area contributed by atoms with E-state index >= 15 is 0 Å². The van der Waals surface area contributed by atoms with Gasteiger partial charge < -0.3 is 10.1 Å². The molecular weight excluding hydrogens is 208 g/mol. The van der Waals surface area contributed by atoms with Crippen molar-refractivity contribution in [2.24, 2.45) is 0 Å². The second kappa shape index (κ2) is 5.46. The van der Waals surface area contributed by atoms with Gasteiger partial charge in [0.15, 0.2) is 0 Å². The Balaban J connectivity index is 2.91. The predicted octanol–water partition coefficient (Wildman–Crippen LogP) is 1.81. The summed E-state index contributed by atoms with van der Waals surface area (Å²) in [7, 11) is 1.83. The van der Waals surface area contributed by atoms with E-state index < -0.39 is 0 Å². The molecule has 0 aliphatic rings. The number of hydrogen-bond donors (Lipinski definition) is 1. The van der Waals surface area contributed by atoms with Gasteiger partial charge in [-0.05, 0) is 32.5 Å². The van der Waals surface area contributed by atoms with Gasteiger partial charge in [-0.1, -0.05) is 0 Å². The molecule has 1 aromatic carbocycles. The van der Waals surface area contributed by atoms with E-state index in [1.165, 1.54) is 6.07 Å². The highest BCUT2D eigenvalue weighted by atomic mass is 16.6. The van der Waals surface area contributed by atoms with E-state index in [-0.39, 0.29) is 10.6 Å². The lowest BCUT2D eigenvalue weighted by Crippen LogP contribution is -2.16. The summed E-state index contributed by atoms with van der Waals surface area (Å²) in [5.74, 6) is 0.576. The lowest BCUT2D eigenvalue weighted by molar-refractivity contribution is -0.385. The monoisotopic (exact) mass is 224 g/mol. The fourth-order valence-electron chi connectivity index (χ4n) is 1.44. The highest BCUT2D eigenvalue weighted by Crippen LogP contribution is 2.27. The quantitative estimate of drug-likeness (QED) is 0.470. The van der Waals surface area contributed by atoms with Crippen LogP contribution in [0, 0.1) is 24.0 Å². The van der Waals surface area contributed by atoms with E-state index in [1.807, 2.05) is 14.0 Å². The Morgan fingerprint density at radius 1 is 1.38 bits per heavy atom. The normalized spacial score (nSPS) is 10.2. The summed E-state index contributed by atoms with van der Waals surface area (Å²) in [6.07, 6.45) is 0. The van der Waals surface area contributed by atoms with Crippen molar-refractivity contribution in [1.82, 2.24) is 5.32 Å². The number of nitro groups is 1. The molecule has 0 radical (unpaired) electrons. The van der Waals surface area contributed by atoms with Gasteiger partial charge in [-0.25, -0.2) is 0 Å². The van der Waals surface area contributed by atoms with Gasteiger partial charge in [0.05, 0.1) is 11.0 Å². The first kappa shape index (κ1) is 12.4. The zero-order valence-electron chi connectivity index (χ0n) is 9.74. The maximum absolute atomic E-state index is 10.8. The largest absolute Gasteiger partial charge is 0.492 e. The maximum Gasteiger partial charge on any atom is 0.276 e. The second-order valence-electron chi connectivity index (χ2n) is 3.61. The lowest BCUT2D eigenvalue weighted by atomic mass is 10.1. The van der Waals surface area contributed by atoms with E-state index in [9.17, 15) is 10.1 Å². The summed E-state index contributed by atoms with van der Waals surface area (Å²) in [6, 6.07) is 3.26. The first-order valence-electron chi connectivity index (χ1n) is 5.09. The molecule has 0 aromatic heterocycles. The van der Waals surface area contributed by atoms with Gasteiger partial charge in [-0.15, -0.1) is 0 Å². The average molecular weight is 224 g/mol. The van der Waals surface area contributed by atoms with Crippen molar-refractivity contribution in [3.8, 4) is 5.75 Å². The summed E-state index contributed by atoms with van der Waals surface area (Å²) in [4.78, 5) is 10.4. The van der Waals surface area contributed by atoms with Crippen LogP contribution in [-0.2, 0) is 0 Å². The summed E-state index contributed by atoms with van der Waals surface area (Å²) >= 11 is 0. The van der Waals surface area contributed by atoms with Crippen LogP contribution in [-0.4, -0.2) is 25.1 Å². The molecule has 0 saturated heterocycles. The molecule has 0 atom stereocenters. The molecule has 88 valence electrons. The number of nitrogens with zero attached hydrogens (tertiary/aromatic N) is 1. The number of hydrogen-bond acceptors (Lipinski definition) is 4. The molecule has 16 heavy (non-hydrogen) atoms. The van der Waals surface area contributed by atoms with E-state index in [4.69, 9.17) is 4.74 Å². The molecule has 0 aliphatic carbocycles. The summed E-state index contributed by atoms with van der Waals surface area (Å²) < 4.78 is 5.46. The van der Waals surface area contributed by atoms with Crippen molar-refractivity contribution in [1.29, 1.82) is 0 Å². The Kier molecular flexibility index (Phi) is 4.25. The maximum atomic E-state index is 10.8. The Hall–Kier alpha value is -1.62. The fraction of sp³-hybridized carbons (Fsp3) is 0.455. The highest BCUT2D eigenvalue weighted by Gasteiger charge is 2.14. The van der Waals surface area contributed by atoms with Crippen LogP contribution in [0.15, 0.2) is 12.1 Å². The van der Waals surface area contributed by atoms with Crippen molar-refractivity contribution in [2.45, 2.75) is 13.8 Å². The minimum absolute atomic E-state index is 0.102. The molecule has 0 heterocycles. The highest BCUT2D eigenvalue weighted by molar-refractivity contribution is 5.49. The SMILES string of the molecule is CNCCOc1cc([N+](=O)[O-])c(C)cc1C. The molecule has 5 nitrogen and oxygen atoms in total. The van der Waals surface area contributed by atoms with Crippen molar-refractivity contribution in [3.63, 3.8) is 0 Å². The third kappa shape index (κ3) is 2.93. The summed E-state index contributed by atoms with van der Waals surface area (Å²) in [5, 5.41) is 13.7. The van der Waals surface area contributed by atoms with E-state index in [0.717, 1.165) is 5.56 Å². The zero-order chi connectivity index (χ0) is 12.1. The number of benzene rings is 1. The molecule has 0 spiro atoms. The number of aryl methyl sites for hydroxylation is 2. The topological polar surface area (TPSA) is 64.4 Å². The number of ether oxygens (including phenoxy) is 1. The van der Waals surface area contributed by atoms with E-state index in [0.29, 0.717) is 24.5 Å². The van der Waals surface area contributed by atoms with Crippen LogP contribution in [0.3, 0.4) is 0 Å². The molecule has 1 N–H and O–H groups in total. The van der Waals surface area contributed by atoms with Crippen molar-refractivity contribution in [2.75, 3.05) is 20.2 Å². The number of rotatable bonds is 5. The number of nitrogens with one attached hydrogen (secondary N) is 1. The van der Waals surface area contributed by atoms with Crippen LogP contribution in [0.4, 0.5) is 5.69 Å². The van der Waals surface area contributed by atoms with Crippen LogP contribution >= 0.6 is 0 Å². The minimum Gasteiger partial charge on any atom is -0.492 e. The van der Waals surface area contributed by atoms with Gasteiger partial charge in [0.1, 0.15) is 12.4 Å². The second-order valence-corrected chi connectivity index (χ2v) is 3.61. The molecule has 0 bridgehead atoms. The van der Waals surface area contributed by atoms with Crippen molar-refractivity contribution < 1.29 is 9.66 Å². The molecular formula is C11H16N2O3. The van der Waals surface area contributed by atoms with Gasteiger partial charge in [-0.3, -0.25) is 10.1 Å². The number of nitro benzene ring substituents is 1. The predicted molar refractivity (Wildman–Crippen MR) is 62.0 cm³/mol. The molecule has 1 aromatic rings. The Labute approximate surface area is 94.6 Å². The lowest BCUT2D eigenvalue weighted by Gasteiger charge is -2.09. The third-order valence-electron chi connectivity index (χ3n) is 2.30. The van der Waals surface area contributed by atoms with Crippen LogP contribution in [0.5, 0.6) is 5.75 Å². The van der Waals surface area contributed by atoms with Gasteiger partial charge in [-0.2, -0.15) is 0 Å². The first-order chi connectivity index (χ1) is 7.56. The van der Waals surface area contributed by atoms with Crippen LogP contribution < -0.4 is 10.1 Å². The van der Waals surface area contributed by atoms with Gasteiger partial charge in [0.2, 0.25) is 0 Å².